The molecule has 0 radical (unpaired) electrons. The molecule has 39 heavy (non-hydrogen) atoms. The number of likely N-dealkylation sites (tertiary alicyclic amines) is 1. The van der Waals surface area contributed by atoms with E-state index in [-0.39, 0.29) is 40.2 Å². The summed E-state index contributed by atoms with van der Waals surface area (Å²) in [5.41, 5.74) is 4.23. The molecular formula is C32H36FN3O3. The fourth-order valence-corrected chi connectivity index (χ4v) is 6.41. The number of non-ortho nitro benzene ring substituents is 1. The highest BCUT2D eigenvalue weighted by molar-refractivity contribution is 5.94. The minimum Gasteiger partial charge on any atom is -0.335 e. The molecule has 0 aromatic heterocycles. The maximum absolute atomic E-state index is 13.8. The Labute approximate surface area is 229 Å². The van der Waals surface area contributed by atoms with Crippen LogP contribution < -0.4 is 0 Å². The maximum Gasteiger partial charge on any atom is 0.269 e. The van der Waals surface area contributed by atoms with Gasteiger partial charge in [0, 0.05) is 55.8 Å². The summed E-state index contributed by atoms with van der Waals surface area (Å²) in [6, 6.07) is 21.4. The van der Waals surface area contributed by atoms with Crippen LogP contribution in [0.5, 0.6) is 0 Å². The molecule has 6 nitrogen and oxygen atoms in total. The molecular weight excluding hydrogens is 493 g/mol. The lowest BCUT2D eigenvalue weighted by molar-refractivity contribution is -0.384. The first-order valence-corrected chi connectivity index (χ1v) is 14.0. The predicted molar refractivity (Wildman–Crippen MR) is 150 cm³/mol. The number of carbonyl (C=O) groups excluding carboxylic acids is 1. The molecule has 0 unspecified atom stereocenters. The summed E-state index contributed by atoms with van der Waals surface area (Å²) in [5, 5.41) is 11.1. The second-order valence-electron chi connectivity index (χ2n) is 11.1. The van der Waals surface area contributed by atoms with Crippen LogP contribution in [0.25, 0.3) is 0 Å². The van der Waals surface area contributed by atoms with Gasteiger partial charge < -0.3 is 4.90 Å². The normalized spacial score (nSPS) is 20.2. The molecule has 1 saturated heterocycles. The second kappa shape index (κ2) is 12.1. The van der Waals surface area contributed by atoms with Crippen LogP contribution in [0.1, 0.15) is 65.1 Å². The highest BCUT2D eigenvalue weighted by Gasteiger charge is 2.38. The largest absolute Gasteiger partial charge is 0.335 e. The number of nitro groups is 1. The van der Waals surface area contributed by atoms with Crippen molar-refractivity contribution in [2.75, 3.05) is 19.6 Å². The molecule has 1 aliphatic heterocycles. The molecule has 204 valence electrons. The Balaban J connectivity index is 1.41. The van der Waals surface area contributed by atoms with Crippen molar-refractivity contribution in [2.45, 2.75) is 57.5 Å². The number of halogens is 1. The van der Waals surface area contributed by atoms with E-state index in [1.165, 1.54) is 29.7 Å². The number of hydrogen-bond acceptors (Lipinski definition) is 4. The van der Waals surface area contributed by atoms with E-state index in [2.05, 4.69) is 41.0 Å². The minimum atomic E-state index is -0.373. The van der Waals surface area contributed by atoms with Gasteiger partial charge in [-0.1, -0.05) is 55.7 Å². The highest BCUT2D eigenvalue weighted by atomic mass is 19.1. The summed E-state index contributed by atoms with van der Waals surface area (Å²) in [4.78, 5) is 29.0. The number of carbonyl (C=O) groups is 1. The summed E-state index contributed by atoms with van der Waals surface area (Å²) in [5.74, 6) is 0.138. The number of benzene rings is 3. The van der Waals surface area contributed by atoms with Crippen LogP contribution >= 0.6 is 0 Å². The summed E-state index contributed by atoms with van der Waals surface area (Å²) >= 11 is 0. The first kappa shape index (κ1) is 27.0. The van der Waals surface area contributed by atoms with Gasteiger partial charge >= 0.3 is 0 Å². The third kappa shape index (κ3) is 6.36. The fourth-order valence-electron chi connectivity index (χ4n) is 6.41. The van der Waals surface area contributed by atoms with E-state index in [0.717, 1.165) is 44.3 Å². The van der Waals surface area contributed by atoms with Crippen molar-refractivity contribution >= 4 is 11.6 Å². The number of nitro benzene ring substituents is 1. The first-order chi connectivity index (χ1) is 18.9. The molecule has 0 spiro atoms. The van der Waals surface area contributed by atoms with Crippen LogP contribution in [0.4, 0.5) is 10.1 Å². The SMILES string of the molecule is Cc1ccccc1[C@@H]1CN(Cc2ccc([N+](=O)[O-])cc2)C[C@@H]1CN(C(=O)c1ccc(F)cc1)C1CCCCC1. The summed E-state index contributed by atoms with van der Waals surface area (Å²) in [7, 11) is 0. The Kier molecular flexibility index (Phi) is 8.36. The van der Waals surface area contributed by atoms with Crippen LogP contribution in [-0.4, -0.2) is 46.3 Å². The van der Waals surface area contributed by atoms with Crippen LogP contribution in [0.3, 0.4) is 0 Å². The van der Waals surface area contributed by atoms with Gasteiger partial charge in [0.2, 0.25) is 0 Å². The quantitative estimate of drug-likeness (QED) is 0.240. The fraction of sp³-hybridized carbons (Fsp3) is 0.406. The third-order valence-electron chi connectivity index (χ3n) is 8.46. The zero-order valence-electron chi connectivity index (χ0n) is 22.5. The van der Waals surface area contributed by atoms with Gasteiger partial charge in [-0.3, -0.25) is 19.8 Å². The van der Waals surface area contributed by atoms with Crippen molar-refractivity contribution in [3.8, 4) is 0 Å². The Morgan fingerprint density at radius 3 is 2.33 bits per heavy atom. The molecule has 1 aliphatic carbocycles. The number of aryl methyl sites for hydroxylation is 1. The predicted octanol–water partition coefficient (Wildman–Crippen LogP) is 6.73. The van der Waals surface area contributed by atoms with E-state index in [1.807, 2.05) is 12.1 Å². The molecule has 1 saturated carbocycles. The maximum atomic E-state index is 13.8. The number of nitrogens with zero attached hydrogens (tertiary/aromatic N) is 3. The molecule has 3 aromatic rings. The van der Waals surface area contributed by atoms with Crippen molar-refractivity contribution in [1.29, 1.82) is 0 Å². The van der Waals surface area contributed by atoms with Crippen molar-refractivity contribution in [1.82, 2.24) is 9.80 Å². The van der Waals surface area contributed by atoms with Crippen LogP contribution in [-0.2, 0) is 6.54 Å². The average molecular weight is 530 g/mol. The zero-order valence-corrected chi connectivity index (χ0v) is 22.5. The molecule has 5 rings (SSSR count). The van der Waals surface area contributed by atoms with Gasteiger partial charge in [-0.2, -0.15) is 0 Å². The Hall–Kier alpha value is -3.58. The van der Waals surface area contributed by atoms with Gasteiger partial charge in [0.05, 0.1) is 4.92 Å². The molecule has 7 heteroatoms. The smallest absolute Gasteiger partial charge is 0.269 e. The van der Waals surface area contributed by atoms with Crippen molar-refractivity contribution in [3.63, 3.8) is 0 Å². The van der Waals surface area contributed by atoms with Gasteiger partial charge in [-0.25, -0.2) is 4.39 Å². The molecule has 2 atom stereocenters. The average Bonchev–Trinajstić information content (AvgIpc) is 3.34. The van der Waals surface area contributed by atoms with Gasteiger partial charge in [0.1, 0.15) is 5.82 Å². The van der Waals surface area contributed by atoms with E-state index < -0.39 is 0 Å². The lowest BCUT2D eigenvalue weighted by Gasteiger charge is -2.37. The first-order valence-electron chi connectivity index (χ1n) is 14.0. The number of hydrogen-bond donors (Lipinski definition) is 0. The molecule has 0 N–H and O–H groups in total. The van der Waals surface area contributed by atoms with Gasteiger partial charge in [0.25, 0.3) is 11.6 Å². The molecule has 1 amide bonds. The Morgan fingerprint density at radius 1 is 0.974 bits per heavy atom. The van der Waals surface area contributed by atoms with Gasteiger partial charge in [-0.05, 0) is 66.6 Å². The topological polar surface area (TPSA) is 66.7 Å². The van der Waals surface area contributed by atoms with Crippen molar-refractivity contribution in [3.05, 3.63) is 111 Å². The Bertz CT molecular complexity index is 1290. The van der Waals surface area contributed by atoms with Crippen LogP contribution in [0.15, 0.2) is 72.8 Å². The lowest BCUT2D eigenvalue weighted by Crippen LogP contribution is -2.45. The highest BCUT2D eigenvalue weighted by Crippen LogP contribution is 2.37. The summed E-state index contributed by atoms with van der Waals surface area (Å²) in [6.07, 6.45) is 5.45. The van der Waals surface area contributed by atoms with E-state index in [1.54, 1.807) is 24.3 Å². The molecule has 3 aromatic carbocycles. The Morgan fingerprint density at radius 2 is 1.67 bits per heavy atom. The number of amides is 1. The summed E-state index contributed by atoms with van der Waals surface area (Å²) < 4.78 is 13.6. The third-order valence-corrected chi connectivity index (χ3v) is 8.46. The van der Waals surface area contributed by atoms with Gasteiger partial charge in [0.15, 0.2) is 0 Å². The molecule has 2 aliphatic rings. The molecule has 2 fully saturated rings. The van der Waals surface area contributed by atoms with Crippen LogP contribution in [0.2, 0.25) is 0 Å². The molecule has 0 bridgehead atoms. The monoisotopic (exact) mass is 529 g/mol. The van der Waals surface area contributed by atoms with E-state index in [0.29, 0.717) is 18.7 Å². The van der Waals surface area contributed by atoms with Crippen molar-refractivity contribution < 1.29 is 14.1 Å². The minimum absolute atomic E-state index is 0.0146. The summed E-state index contributed by atoms with van der Waals surface area (Å²) in [6.45, 7) is 5.18. The molecule has 1 heterocycles. The standard InChI is InChI=1S/C32H36FN3O3/c1-23-7-5-6-10-30(23)31-22-34(19-24-11-17-29(18-12-24)36(38)39)20-26(31)21-35(28-8-3-2-4-9-28)32(37)25-13-15-27(33)16-14-25/h5-7,10-18,26,28,31H,2-4,8-9,19-22H2,1H3/t26-,31-/m1/s1. The van der Waals surface area contributed by atoms with Crippen molar-refractivity contribution in [2.24, 2.45) is 5.92 Å². The van der Waals surface area contributed by atoms with Crippen LogP contribution in [0, 0.1) is 28.8 Å². The second-order valence-corrected chi connectivity index (χ2v) is 11.1. The number of rotatable bonds is 8. The van der Waals surface area contributed by atoms with E-state index >= 15 is 0 Å². The van der Waals surface area contributed by atoms with E-state index in [4.69, 9.17) is 0 Å². The van der Waals surface area contributed by atoms with Gasteiger partial charge in [-0.15, -0.1) is 0 Å². The zero-order chi connectivity index (χ0) is 27.4. The van der Waals surface area contributed by atoms with E-state index in [9.17, 15) is 19.3 Å². The lowest BCUT2D eigenvalue weighted by atomic mass is 9.85.